The number of benzene rings is 1. The fraction of sp³-hybridized carbons (Fsp3) is 0.286. The Morgan fingerprint density at radius 1 is 1.20 bits per heavy atom. The van der Waals surface area contributed by atoms with Crippen LogP contribution >= 0.6 is 0 Å². The Bertz CT molecular complexity index is 760. The van der Waals surface area contributed by atoms with E-state index in [0.717, 1.165) is 0 Å². The largest absolute Gasteiger partial charge is 0.496 e. The lowest BCUT2D eigenvalue weighted by atomic mass is 10.0. The molecular weight excluding hydrogens is 262 g/mol. The number of fused-ring (bicyclic) bond motifs is 1. The number of ether oxygens (including phenoxy) is 2. The molecule has 106 valence electrons. The van der Waals surface area contributed by atoms with Gasteiger partial charge in [0.15, 0.2) is 0 Å². The van der Waals surface area contributed by atoms with Crippen molar-refractivity contribution in [1.82, 2.24) is 4.57 Å². The van der Waals surface area contributed by atoms with E-state index in [9.17, 15) is 14.7 Å². The Kier molecular flexibility index (Phi) is 3.40. The molecule has 0 unspecified atom stereocenters. The Morgan fingerprint density at radius 3 is 2.25 bits per heavy atom. The van der Waals surface area contributed by atoms with E-state index in [1.807, 2.05) is 0 Å². The molecule has 0 aliphatic rings. The van der Waals surface area contributed by atoms with Crippen LogP contribution in [0.1, 0.15) is 15.9 Å². The van der Waals surface area contributed by atoms with Crippen LogP contribution < -0.4 is 15.0 Å². The molecule has 0 saturated heterocycles. The fourth-order valence-corrected chi connectivity index (χ4v) is 2.39. The lowest BCUT2D eigenvalue weighted by Gasteiger charge is -2.16. The van der Waals surface area contributed by atoms with Gasteiger partial charge in [-0.3, -0.25) is 4.79 Å². The van der Waals surface area contributed by atoms with Crippen molar-refractivity contribution in [1.29, 1.82) is 0 Å². The Morgan fingerprint density at radius 2 is 1.75 bits per heavy atom. The first-order valence-corrected chi connectivity index (χ1v) is 5.91. The normalized spacial score (nSPS) is 10.6. The van der Waals surface area contributed by atoms with Gasteiger partial charge in [0.2, 0.25) is 0 Å². The summed E-state index contributed by atoms with van der Waals surface area (Å²) < 4.78 is 11.8. The second kappa shape index (κ2) is 4.88. The van der Waals surface area contributed by atoms with Gasteiger partial charge in [-0.2, -0.15) is 0 Å². The maximum absolute atomic E-state index is 12.2. The molecule has 20 heavy (non-hydrogen) atoms. The number of pyridine rings is 1. The van der Waals surface area contributed by atoms with E-state index in [1.54, 1.807) is 19.1 Å². The van der Waals surface area contributed by atoms with E-state index in [2.05, 4.69) is 0 Å². The molecular formula is C14H15NO5. The third-order valence-electron chi connectivity index (χ3n) is 3.36. The quantitative estimate of drug-likeness (QED) is 0.921. The van der Waals surface area contributed by atoms with Crippen LogP contribution in [-0.2, 0) is 7.05 Å². The molecule has 0 bridgehead atoms. The second-order valence-electron chi connectivity index (χ2n) is 4.36. The summed E-state index contributed by atoms with van der Waals surface area (Å²) in [4.78, 5) is 23.5. The number of aromatic nitrogens is 1. The SMILES string of the molecule is COc1ccc(OC)c2c1c(C)c(C(=O)O)c(=O)n2C. The molecule has 6 heteroatoms. The van der Waals surface area contributed by atoms with Gasteiger partial charge in [-0.1, -0.05) is 0 Å². The summed E-state index contributed by atoms with van der Waals surface area (Å²) in [6, 6.07) is 3.37. The monoisotopic (exact) mass is 277 g/mol. The van der Waals surface area contributed by atoms with Crippen molar-refractivity contribution in [2.75, 3.05) is 14.2 Å². The molecule has 0 spiro atoms. The van der Waals surface area contributed by atoms with Gasteiger partial charge < -0.3 is 19.1 Å². The van der Waals surface area contributed by atoms with Gasteiger partial charge in [0.25, 0.3) is 5.56 Å². The summed E-state index contributed by atoms with van der Waals surface area (Å²) in [5, 5.41) is 9.80. The highest BCUT2D eigenvalue weighted by Crippen LogP contribution is 2.34. The lowest BCUT2D eigenvalue weighted by Crippen LogP contribution is -2.26. The average molecular weight is 277 g/mol. The number of methoxy groups -OCH3 is 2. The number of aryl methyl sites for hydroxylation is 2. The van der Waals surface area contributed by atoms with E-state index in [1.165, 1.54) is 25.8 Å². The topological polar surface area (TPSA) is 77.8 Å². The predicted molar refractivity (Wildman–Crippen MR) is 74.0 cm³/mol. The maximum atomic E-state index is 12.2. The third-order valence-corrected chi connectivity index (χ3v) is 3.36. The molecule has 0 fully saturated rings. The van der Waals surface area contributed by atoms with Crippen molar-refractivity contribution >= 4 is 16.9 Å². The Hall–Kier alpha value is -2.50. The van der Waals surface area contributed by atoms with Gasteiger partial charge >= 0.3 is 5.97 Å². The molecule has 0 radical (unpaired) electrons. The Balaban J connectivity index is 3.14. The van der Waals surface area contributed by atoms with Gasteiger partial charge in [0.1, 0.15) is 17.1 Å². The molecule has 1 aromatic carbocycles. The molecule has 0 atom stereocenters. The maximum Gasteiger partial charge on any atom is 0.341 e. The zero-order valence-electron chi connectivity index (χ0n) is 11.7. The van der Waals surface area contributed by atoms with Crippen LogP contribution in [0.3, 0.4) is 0 Å². The second-order valence-corrected chi connectivity index (χ2v) is 4.36. The summed E-state index contributed by atoms with van der Waals surface area (Å²) in [6.07, 6.45) is 0. The Labute approximate surface area is 115 Å². The van der Waals surface area contributed by atoms with E-state index in [0.29, 0.717) is 28.0 Å². The first-order valence-electron chi connectivity index (χ1n) is 5.91. The van der Waals surface area contributed by atoms with Crippen LogP contribution in [0, 0.1) is 6.92 Å². The number of carboxylic acid groups (broad SMARTS) is 1. The summed E-state index contributed by atoms with van der Waals surface area (Å²) in [6.45, 7) is 1.59. The molecule has 1 aromatic heterocycles. The highest BCUT2D eigenvalue weighted by Gasteiger charge is 2.22. The zero-order valence-corrected chi connectivity index (χ0v) is 11.7. The smallest absolute Gasteiger partial charge is 0.341 e. The average Bonchev–Trinajstić information content (AvgIpc) is 2.42. The van der Waals surface area contributed by atoms with Gasteiger partial charge in [-0.15, -0.1) is 0 Å². The van der Waals surface area contributed by atoms with Gasteiger partial charge in [-0.25, -0.2) is 4.79 Å². The number of carboxylic acids is 1. The molecule has 1 N–H and O–H groups in total. The van der Waals surface area contributed by atoms with E-state index < -0.39 is 11.5 Å². The first kappa shape index (κ1) is 13.9. The minimum Gasteiger partial charge on any atom is -0.496 e. The van der Waals surface area contributed by atoms with Crippen molar-refractivity contribution < 1.29 is 19.4 Å². The third kappa shape index (κ3) is 1.80. The summed E-state index contributed by atoms with van der Waals surface area (Å²) in [5.41, 5.74) is 0.0475. The van der Waals surface area contributed by atoms with Crippen LogP contribution in [-0.4, -0.2) is 29.9 Å². The molecule has 6 nitrogen and oxygen atoms in total. The number of rotatable bonds is 3. The lowest BCUT2D eigenvalue weighted by molar-refractivity contribution is 0.0694. The van der Waals surface area contributed by atoms with Crippen LogP contribution in [0.4, 0.5) is 0 Å². The van der Waals surface area contributed by atoms with Crippen molar-refractivity contribution in [3.63, 3.8) is 0 Å². The molecule has 0 aliphatic carbocycles. The van der Waals surface area contributed by atoms with Crippen LogP contribution in [0.5, 0.6) is 11.5 Å². The summed E-state index contributed by atoms with van der Waals surface area (Å²) >= 11 is 0. The zero-order chi connectivity index (χ0) is 15.0. The summed E-state index contributed by atoms with van der Waals surface area (Å²) in [7, 11) is 4.50. The molecule has 2 rings (SSSR count). The number of carbonyl (C=O) groups is 1. The van der Waals surface area contributed by atoms with Gasteiger partial charge in [-0.05, 0) is 24.6 Å². The van der Waals surface area contributed by atoms with E-state index in [-0.39, 0.29) is 5.56 Å². The molecule has 1 heterocycles. The molecule has 0 amide bonds. The standard InChI is InChI=1S/C14H15NO5/c1-7-10-8(19-3)5-6-9(20-4)12(10)15(2)13(16)11(7)14(17)18/h5-6H,1-4H3,(H,17,18). The highest BCUT2D eigenvalue weighted by atomic mass is 16.5. The van der Waals surface area contributed by atoms with Crippen molar-refractivity contribution in [3.05, 3.63) is 33.6 Å². The highest BCUT2D eigenvalue weighted by molar-refractivity contribution is 6.00. The van der Waals surface area contributed by atoms with Crippen molar-refractivity contribution in [2.24, 2.45) is 7.05 Å². The van der Waals surface area contributed by atoms with Gasteiger partial charge in [0, 0.05) is 12.4 Å². The van der Waals surface area contributed by atoms with Crippen LogP contribution in [0.25, 0.3) is 10.9 Å². The van der Waals surface area contributed by atoms with Crippen molar-refractivity contribution in [3.8, 4) is 11.5 Å². The van der Waals surface area contributed by atoms with E-state index >= 15 is 0 Å². The fourth-order valence-electron chi connectivity index (χ4n) is 2.39. The number of hydrogen-bond donors (Lipinski definition) is 1. The summed E-state index contributed by atoms with van der Waals surface area (Å²) in [5.74, 6) is -0.272. The van der Waals surface area contributed by atoms with Crippen LogP contribution in [0.2, 0.25) is 0 Å². The minimum atomic E-state index is -1.25. The van der Waals surface area contributed by atoms with Crippen molar-refractivity contribution in [2.45, 2.75) is 6.92 Å². The minimum absolute atomic E-state index is 0.258. The van der Waals surface area contributed by atoms with Gasteiger partial charge in [0.05, 0.1) is 19.7 Å². The molecule has 0 aliphatic heterocycles. The number of nitrogens with zero attached hydrogens (tertiary/aromatic N) is 1. The number of aromatic carboxylic acids is 1. The van der Waals surface area contributed by atoms with E-state index in [4.69, 9.17) is 9.47 Å². The first-order chi connectivity index (χ1) is 9.43. The van der Waals surface area contributed by atoms with Crippen LogP contribution in [0.15, 0.2) is 16.9 Å². The molecule has 0 saturated carbocycles. The predicted octanol–water partition coefficient (Wildman–Crippen LogP) is 1.56. The number of hydrogen-bond acceptors (Lipinski definition) is 4. The molecule has 2 aromatic rings.